The van der Waals surface area contributed by atoms with Crippen LogP contribution in [-0.2, 0) is 22.6 Å². The Morgan fingerprint density at radius 1 is 1.26 bits per heavy atom. The molecule has 182 valence electrons. The van der Waals surface area contributed by atoms with E-state index in [4.69, 9.17) is 16.4 Å². The van der Waals surface area contributed by atoms with E-state index in [9.17, 15) is 14.0 Å². The van der Waals surface area contributed by atoms with Gasteiger partial charge in [0.15, 0.2) is 0 Å². The fourth-order valence-electron chi connectivity index (χ4n) is 3.86. The smallest absolute Gasteiger partial charge is 0.254 e. The minimum Gasteiger partial charge on any atom is -0.380 e. The van der Waals surface area contributed by atoms with Crippen molar-refractivity contribution in [1.82, 2.24) is 10.4 Å². The van der Waals surface area contributed by atoms with Gasteiger partial charge in [-0.1, -0.05) is 30.7 Å². The molecule has 0 unspecified atom stereocenters. The van der Waals surface area contributed by atoms with Crippen molar-refractivity contribution >= 4 is 34.7 Å². The van der Waals surface area contributed by atoms with E-state index in [1.165, 1.54) is 12.1 Å². The standard InChI is InChI=1S/C26H31ClFN3O3/c1-5-11-29-25(33)21-7-6-17(13-23(21)28)14-30-24-20-10-12-31(34-26(2,3)4)15-18(16-32)19(20)8-9-22(24)27/h6-9,13,30H,5,10-12,14-15H2,1-4H3,(H,29,33). The minimum atomic E-state index is -0.577. The summed E-state index contributed by atoms with van der Waals surface area (Å²) in [6.45, 7) is 9.48. The molecule has 0 aromatic heterocycles. The van der Waals surface area contributed by atoms with E-state index in [0.717, 1.165) is 17.5 Å². The maximum absolute atomic E-state index is 14.6. The zero-order chi connectivity index (χ0) is 24.9. The highest BCUT2D eigenvalue weighted by atomic mass is 35.5. The molecule has 1 amide bonds. The number of carbonyl (C=O) groups is 1. The molecule has 1 aliphatic heterocycles. The lowest BCUT2D eigenvalue weighted by Gasteiger charge is -2.28. The Morgan fingerprint density at radius 3 is 2.68 bits per heavy atom. The number of rotatable bonds is 7. The molecular weight excluding hydrogens is 457 g/mol. The van der Waals surface area contributed by atoms with Crippen molar-refractivity contribution in [3.05, 3.63) is 63.4 Å². The Kier molecular flexibility index (Phi) is 8.50. The molecule has 2 N–H and O–H groups in total. The Morgan fingerprint density at radius 2 is 2.03 bits per heavy atom. The third-order valence-corrected chi connectivity index (χ3v) is 5.66. The molecule has 0 fully saturated rings. The van der Waals surface area contributed by atoms with Gasteiger partial charge in [0.1, 0.15) is 11.8 Å². The van der Waals surface area contributed by atoms with Crippen LogP contribution in [-0.4, -0.2) is 42.1 Å². The molecule has 3 rings (SSSR count). The number of fused-ring (bicyclic) bond motifs is 1. The number of benzene rings is 2. The lowest BCUT2D eigenvalue weighted by molar-refractivity contribution is -0.220. The highest BCUT2D eigenvalue weighted by molar-refractivity contribution is 6.33. The molecule has 0 aliphatic carbocycles. The lowest BCUT2D eigenvalue weighted by Crippen LogP contribution is -2.35. The molecule has 1 aliphatic rings. The van der Waals surface area contributed by atoms with Crippen molar-refractivity contribution in [2.24, 2.45) is 0 Å². The second kappa shape index (κ2) is 11.2. The van der Waals surface area contributed by atoms with Crippen LogP contribution < -0.4 is 10.6 Å². The number of hydrogen-bond acceptors (Lipinski definition) is 5. The average Bonchev–Trinajstić information content (AvgIpc) is 2.94. The second-order valence-corrected chi connectivity index (χ2v) is 9.68. The molecular formula is C26H31ClFN3O3. The van der Waals surface area contributed by atoms with Gasteiger partial charge < -0.3 is 10.6 Å². The van der Waals surface area contributed by atoms with Crippen LogP contribution in [0.25, 0.3) is 5.57 Å². The van der Waals surface area contributed by atoms with E-state index in [0.29, 0.717) is 54.4 Å². The Balaban J connectivity index is 1.82. The number of hydroxylamine groups is 2. The van der Waals surface area contributed by atoms with Crippen molar-refractivity contribution in [2.75, 3.05) is 25.0 Å². The second-order valence-electron chi connectivity index (χ2n) is 9.27. The highest BCUT2D eigenvalue weighted by Crippen LogP contribution is 2.35. The molecule has 0 atom stereocenters. The van der Waals surface area contributed by atoms with Crippen molar-refractivity contribution in [1.29, 1.82) is 0 Å². The van der Waals surface area contributed by atoms with Gasteiger partial charge in [0.05, 0.1) is 34.0 Å². The van der Waals surface area contributed by atoms with Crippen LogP contribution in [0.2, 0.25) is 5.02 Å². The average molecular weight is 488 g/mol. The van der Waals surface area contributed by atoms with Gasteiger partial charge in [0, 0.05) is 19.6 Å². The van der Waals surface area contributed by atoms with Crippen LogP contribution in [0.3, 0.4) is 0 Å². The molecule has 8 heteroatoms. The van der Waals surface area contributed by atoms with Crippen molar-refractivity contribution in [3.8, 4) is 0 Å². The number of anilines is 1. The summed E-state index contributed by atoms with van der Waals surface area (Å²) in [5.41, 5.74) is 3.13. The molecule has 34 heavy (non-hydrogen) atoms. The monoisotopic (exact) mass is 487 g/mol. The molecule has 0 saturated heterocycles. The van der Waals surface area contributed by atoms with Crippen molar-refractivity contribution in [3.63, 3.8) is 0 Å². The van der Waals surface area contributed by atoms with Gasteiger partial charge in [-0.2, -0.15) is 5.06 Å². The number of nitrogens with zero attached hydrogens (tertiary/aromatic N) is 1. The van der Waals surface area contributed by atoms with Gasteiger partial charge in [0.2, 0.25) is 0 Å². The summed E-state index contributed by atoms with van der Waals surface area (Å²) >= 11 is 6.52. The number of carbonyl (C=O) groups excluding carboxylic acids is 2. The highest BCUT2D eigenvalue weighted by Gasteiger charge is 2.26. The summed E-state index contributed by atoms with van der Waals surface area (Å²) in [7, 11) is 0. The first kappa shape index (κ1) is 25.9. The molecule has 0 radical (unpaired) electrons. The maximum atomic E-state index is 14.6. The van der Waals surface area contributed by atoms with E-state index >= 15 is 0 Å². The van der Waals surface area contributed by atoms with Crippen molar-refractivity contribution < 1.29 is 18.8 Å². The fraction of sp³-hybridized carbons (Fsp3) is 0.423. The van der Waals surface area contributed by atoms with Crippen LogP contribution >= 0.6 is 11.6 Å². The van der Waals surface area contributed by atoms with Gasteiger partial charge in [-0.3, -0.25) is 9.63 Å². The van der Waals surface area contributed by atoms with Crippen LogP contribution in [0.15, 0.2) is 30.3 Å². The van der Waals surface area contributed by atoms with Crippen LogP contribution in [0.5, 0.6) is 0 Å². The molecule has 0 saturated carbocycles. The summed E-state index contributed by atoms with van der Waals surface area (Å²) in [5, 5.41) is 8.26. The maximum Gasteiger partial charge on any atom is 0.254 e. The van der Waals surface area contributed by atoms with Gasteiger partial charge in [-0.15, -0.1) is 0 Å². The van der Waals surface area contributed by atoms with Crippen molar-refractivity contribution in [2.45, 2.75) is 52.7 Å². The summed E-state index contributed by atoms with van der Waals surface area (Å²) in [5.74, 6) is 1.06. The zero-order valence-corrected chi connectivity index (χ0v) is 20.8. The van der Waals surface area contributed by atoms with E-state index in [2.05, 4.69) is 16.6 Å². The molecule has 1 heterocycles. The van der Waals surface area contributed by atoms with E-state index in [-0.39, 0.29) is 5.56 Å². The van der Waals surface area contributed by atoms with Crippen LogP contribution in [0, 0.1) is 5.82 Å². The minimum absolute atomic E-state index is 0.0171. The third kappa shape index (κ3) is 6.45. The lowest BCUT2D eigenvalue weighted by atomic mass is 9.97. The van der Waals surface area contributed by atoms with E-state index in [1.54, 1.807) is 17.2 Å². The third-order valence-electron chi connectivity index (χ3n) is 5.34. The predicted molar refractivity (Wildman–Crippen MR) is 133 cm³/mol. The Bertz CT molecular complexity index is 1110. The molecule has 2 aromatic rings. The normalized spacial score (nSPS) is 14.2. The van der Waals surface area contributed by atoms with Crippen LogP contribution in [0.1, 0.15) is 61.2 Å². The summed E-state index contributed by atoms with van der Waals surface area (Å²) in [4.78, 5) is 29.9. The Labute approximate surface area is 205 Å². The zero-order valence-electron chi connectivity index (χ0n) is 20.1. The number of hydrogen-bond donors (Lipinski definition) is 2. The summed E-state index contributed by atoms with van der Waals surface area (Å²) < 4.78 is 14.6. The van der Waals surface area contributed by atoms with Gasteiger partial charge in [-0.25, -0.2) is 9.18 Å². The fourth-order valence-corrected chi connectivity index (χ4v) is 4.10. The number of halogens is 2. The van der Waals surface area contributed by atoms with Gasteiger partial charge >= 0.3 is 0 Å². The summed E-state index contributed by atoms with van der Waals surface area (Å²) in [6.07, 6.45) is 1.38. The Hall–Kier alpha value is -2.70. The first-order chi connectivity index (χ1) is 16.1. The topological polar surface area (TPSA) is 70.7 Å². The molecule has 2 aromatic carbocycles. The summed E-state index contributed by atoms with van der Waals surface area (Å²) in [6, 6.07) is 8.11. The first-order valence-electron chi connectivity index (χ1n) is 11.4. The predicted octanol–water partition coefficient (Wildman–Crippen LogP) is 5.03. The SMILES string of the molecule is CCCNC(=O)c1ccc(CNc2c(Cl)ccc3c2CCN(OC(C)(C)C)CC3=C=O)cc1F. The van der Waals surface area contributed by atoms with Gasteiger partial charge in [-0.05, 0) is 68.5 Å². The van der Waals surface area contributed by atoms with E-state index < -0.39 is 17.3 Å². The number of nitrogens with one attached hydrogen (secondary N) is 2. The molecule has 6 nitrogen and oxygen atoms in total. The molecule has 0 spiro atoms. The largest absolute Gasteiger partial charge is 0.380 e. The quantitative estimate of drug-likeness (QED) is 0.536. The van der Waals surface area contributed by atoms with E-state index in [1.807, 2.05) is 33.8 Å². The molecule has 0 bridgehead atoms. The van der Waals surface area contributed by atoms with Crippen LogP contribution in [0.4, 0.5) is 10.1 Å². The first-order valence-corrected chi connectivity index (χ1v) is 11.8. The number of amides is 1. The van der Waals surface area contributed by atoms with Gasteiger partial charge in [0.25, 0.3) is 5.91 Å².